The maximum atomic E-state index is 11.3. The van der Waals surface area contributed by atoms with Gasteiger partial charge in [-0.15, -0.1) is 11.8 Å². The molecule has 1 aromatic rings. The average Bonchev–Trinajstić information content (AvgIpc) is 2.78. The highest BCUT2D eigenvalue weighted by Gasteiger charge is 2.26. The van der Waals surface area contributed by atoms with Gasteiger partial charge < -0.3 is 10.2 Å². The first-order chi connectivity index (χ1) is 14.3. The minimum Gasteiger partial charge on any atom is -0.481 e. The summed E-state index contributed by atoms with van der Waals surface area (Å²) >= 11 is 1.64. The molecule has 0 spiro atoms. The third-order valence-electron chi connectivity index (χ3n) is 4.39. The Bertz CT molecular complexity index is 731. The van der Waals surface area contributed by atoms with Crippen LogP contribution in [0.1, 0.15) is 43.7 Å². The zero-order valence-corrected chi connectivity index (χ0v) is 20.0. The van der Waals surface area contributed by atoms with Crippen molar-refractivity contribution in [3.05, 3.63) is 53.0 Å². The predicted octanol–water partition coefficient (Wildman–Crippen LogP) is 4.07. The van der Waals surface area contributed by atoms with Crippen LogP contribution in [0.3, 0.4) is 0 Å². The molecule has 0 radical (unpaired) electrons. The summed E-state index contributed by atoms with van der Waals surface area (Å²) in [4.78, 5) is 14.7. The number of aliphatic carboxylic acids is 1. The number of allylic oxidation sites excluding steroid dienone is 1. The third-order valence-corrected chi connectivity index (χ3v) is 6.15. The summed E-state index contributed by atoms with van der Waals surface area (Å²) in [7, 11) is 1.45. The van der Waals surface area contributed by atoms with E-state index in [1.165, 1.54) is 5.56 Å². The number of carboxylic acids is 1. The number of benzene rings is 1. The van der Waals surface area contributed by atoms with Crippen molar-refractivity contribution in [2.75, 3.05) is 20.4 Å². The Morgan fingerprint density at radius 1 is 1.33 bits per heavy atom. The van der Waals surface area contributed by atoms with Crippen LogP contribution in [0, 0.1) is 5.92 Å². The normalized spacial score (nSPS) is 19.1. The summed E-state index contributed by atoms with van der Waals surface area (Å²) in [6, 6.07) is 8.51. The van der Waals surface area contributed by atoms with E-state index in [9.17, 15) is 9.00 Å². The van der Waals surface area contributed by atoms with Gasteiger partial charge >= 0.3 is 5.97 Å². The number of hydrogen-bond acceptors (Lipinski definition) is 5. The summed E-state index contributed by atoms with van der Waals surface area (Å²) in [6.07, 6.45) is 6.65. The van der Waals surface area contributed by atoms with Gasteiger partial charge in [0.15, 0.2) is 0 Å². The summed E-state index contributed by atoms with van der Waals surface area (Å²) in [5.74, 6) is -0.613. The first kappa shape index (κ1) is 28.3. The largest absolute Gasteiger partial charge is 0.481 e. The number of aliphatic hydroxyl groups excluding tert-OH is 1. The Kier molecular flexibility index (Phi) is 15.1. The van der Waals surface area contributed by atoms with E-state index in [0.29, 0.717) is 18.8 Å². The maximum absolute atomic E-state index is 11.3. The number of carbonyl (C=O) groups is 1. The quantitative estimate of drug-likeness (QED) is 0.426. The van der Waals surface area contributed by atoms with E-state index in [4.69, 9.17) is 10.2 Å². The molecule has 0 amide bonds. The number of nitrogens with one attached hydrogen (secondary N) is 1. The molecule has 3 N–H and O–H groups in total. The Hall–Kier alpha value is -1.74. The van der Waals surface area contributed by atoms with Gasteiger partial charge in [-0.2, -0.15) is 0 Å². The van der Waals surface area contributed by atoms with Crippen molar-refractivity contribution in [3.63, 3.8) is 0 Å². The van der Waals surface area contributed by atoms with Crippen molar-refractivity contribution in [2.24, 2.45) is 10.9 Å². The number of rotatable bonds is 7. The van der Waals surface area contributed by atoms with Crippen LogP contribution in [0.5, 0.6) is 0 Å². The Morgan fingerprint density at radius 2 is 1.93 bits per heavy atom. The highest BCUT2D eigenvalue weighted by Crippen LogP contribution is 2.22. The van der Waals surface area contributed by atoms with E-state index in [0.717, 1.165) is 18.4 Å². The standard InChI is InChI=1S/C13H17NS.C8H13NO3S.CH4O/c1-10(2)11-5-7-12(8-6-11)13(14-3)9-15-4;1-9-13(12)7-4-2-3-6(5-7)8(10)11;1-2/h5-10H,3H2,1-2,4H3;2,4,6-7,9H,3,5H2,1H3,(H,10,11);2H,1H3/b13-9-;;. The highest BCUT2D eigenvalue weighted by molar-refractivity contribution is 8.01. The molecule has 168 valence electrons. The second-order valence-electron chi connectivity index (χ2n) is 6.65. The van der Waals surface area contributed by atoms with Crippen LogP contribution in [0.15, 0.2) is 46.8 Å². The Labute approximate surface area is 187 Å². The van der Waals surface area contributed by atoms with E-state index in [1.54, 1.807) is 24.9 Å². The van der Waals surface area contributed by atoms with Gasteiger partial charge in [0.2, 0.25) is 0 Å². The topological polar surface area (TPSA) is 99.0 Å². The van der Waals surface area contributed by atoms with Gasteiger partial charge in [0, 0.05) is 12.7 Å². The van der Waals surface area contributed by atoms with Crippen molar-refractivity contribution in [1.29, 1.82) is 0 Å². The van der Waals surface area contributed by atoms with Gasteiger partial charge in [-0.05, 0) is 49.8 Å². The van der Waals surface area contributed by atoms with Crippen LogP contribution in [0.25, 0.3) is 5.70 Å². The first-order valence-corrected chi connectivity index (χ1v) is 12.1. The molecular formula is C22H34N2O4S2. The van der Waals surface area contributed by atoms with Gasteiger partial charge in [0.1, 0.15) is 0 Å². The van der Waals surface area contributed by atoms with E-state index in [-0.39, 0.29) is 11.2 Å². The lowest BCUT2D eigenvalue weighted by atomic mass is 9.94. The number of aliphatic imine (C=N–C) groups is 1. The number of nitrogens with zero attached hydrogens (tertiary/aromatic N) is 1. The maximum Gasteiger partial charge on any atom is 0.306 e. The van der Waals surface area contributed by atoms with E-state index >= 15 is 0 Å². The summed E-state index contributed by atoms with van der Waals surface area (Å²) in [6.45, 7) is 7.97. The lowest BCUT2D eigenvalue weighted by Crippen LogP contribution is -2.30. The smallest absolute Gasteiger partial charge is 0.306 e. The van der Waals surface area contributed by atoms with Crippen molar-refractivity contribution < 1.29 is 19.2 Å². The second-order valence-corrected chi connectivity index (χ2v) is 8.96. The van der Waals surface area contributed by atoms with Crippen molar-refractivity contribution >= 4 is 41.1 Å². The molecule has 0 aliphatic heterocycles. The molecule has 2 rings (SSSR count). The fourth-order valence-corrected chi connectivity index (χ4v) is 4.11. The molecule has 0 heterocycles. The molecule has 1 aliphatic rings. The van der Waals surface area contributed by atoms with Crippen LogP contribution in [-0.4, -0.2) is 52.8 Å². The molecule has 0 fully saturated rings. The molecular weight excluding hydrogens is 420 g/mol. The zero-order valence-electron chi connectivity index (χ0n) is 18.4. The Balaban J connectivity index is 0.000000522. The Morgan fingerprint density at radius 3 is 2.37 bits per heavy atom. The summed E-state index contributed by atoms with van der Waals surface area (Å²) < 4.78 is 13.9. The fourth-order valence-electron chi connectivity index (χ4n) is 2.71. The average molecular weight is 455 g/mol. The van der Waals surface area contributed by atoms with Crippen molar-refractivity contribution in [2.45, 2.75) is 37.9 Å². The summed E-state index contributed by atoms with van der Waals surface area (Å²) in [5.41, 5.74) is 3.42. The van der Waals surface area contributed by atoms with Crippen molar-refractivity contribution in [1.82, 2.24) is 4.72 Å². The predicted molar refractivity (Wildman–Crippen MR) is 130 cm³/mol. The van der Waals surface area contributed by atoms with E-state index < -0.39 is 17.0 Å². The van der Waals surface area contributed by atoms with Crippen LogP contribution >= 0.6 is 11.8 Å². The monoisotopic (exact) mass is 454 g/mol. The lowest BCUT2D eigenvalue weighted by molar-refractivity contribution is -0.141. The van der Waals surface area contributed by atoms with E-state index in [2.05, 4.69) is 54.5 Å². The van der Waals surface area contributed by atoms with Gasteiger partial charge in [-0.25, -0.2) is 8.93 Å². The number of aliphatic hydroxyl groups is 1. The summed E-state index contributed by atoms with van der Waals surface area (Å²) in [5, 5.41) is 17.6. The first-order valence-electron chi connectivity index (χ1n) is 9.56. The minimum atomic E-state index is -1.15. The van der Waals surface area contributed by atoms with E-state index in [1.807, 2.05) is 17.7 Å². The molecule has 0 saturated heterocycles. The number of hydrogen-bond donors (Lipinski definition) is 3. The van der Waals surface area contributed by atoms with Crippen LogP contribution in [-0.2, 0) is 15.8 Å². The molecule has 1 aromatic carbocycles. The minimum absolute atomic E-state index is 0.167. The molecule has 3 atom stereocenters. The molecule has 0 saturated carbocycles. The zero-order chi connectivity index (χ0) is 23.1. The molecule has 0 bridgehead atoms. The second kappa shape index (κ2) is 16.0. The molecule has 30 heavy (non-hydrogen) atoms. The van der Waals surface area contributed by atoms with Crippen LogP contribution in [0.4, 0.5) is 0 Å². The third kappa shape index (κ3) is 9.84. The lowest BCUT2D eigenvalue weighted by Gasteiger charge is -2.20. The molecule has 0 aromatic heterocycles. The molecule has 6 nitrogen and oxygen atoms in total. The molecule has 1 aliphatic carbocycles. The fraction of sp³-hybridized carbons (Fsp3) is 0.455. The van der Waals surface area contributed by atoms with Crippen LogP contribution < -0.4 is 4.72 Å². The van der Waals surface area contributed by atoms with Crippen LogP contribution in [0.2, 0.25) is 0 Å². The molecule has 3 unspecified atom stereocenters. The molecule has 8 heteroatoms. The SMILES string of the molecule is C=N/C(=C\SC)c1ccc(C(C)C)cc1.CNS(=O)C1C=CCC(C(=O)O)C1.CO. The number of thioether (sulfide) groups is 1. The van der Waals surface area contributed by atoms with Gasteiger partial charge in [-0.1, -0.05) is 50.3 Å². The number of carboxylic acid groups (broad SMARTS) is 1. The highest BCUT2D eigenvalue weighted by atomic mass is 32.2. The van der Waals surface area contributed by atoms with Gasteiger partial charge in [-0.3, -0.25) is 9.79 Å². The van der Waals surface area contributed by atoms with Gasteiger partial charge in [0.25, 0.3) is 0 Å². The van der Waals surface area contributed by atoms with Gasteiger partial charge in [0.05, 0.1) is 27.9 Å². The van der Waals surface area contributed by atoms with Crippen molar-refractivity contribution in [3.8, 4) is 0 Å².